The fourth-order valence-electron chi connectivity index (χ4n) is 0.260. The highest BCUT2D eigenvalue weighted by Crippen LogP contribution is 2.42. The summed E-state index contributed by atoms with van der Waals surface area (Å²) >= 11 is 12.7. The summed E-state index contributed by atoms with van der Waals surface area (Å²) in [6.07, 6.45) is -4.90. The van der Waals surface area contributed by atoms with Crippen LogP contribution in [-0.4, -0.2) is 15.8 Å². The summed E-state index contributed by atoms with van der Waals surface area (Å²) in [7, 11) is 0. The van der Waals surface area contributed by atoms with E-state index >= 15 is 0 Å². The quantitative estimate of drug-likeness (QED) is 0.666. The molecule has 62 valence electrons. The van der Waals surface area contributed by atoms with E-state index in [1.807, 2.05) is 0 Å². The van der Waals surface area contributed by atoms with Crippen LogP contribution in [-0.2, 0) is 0 Å². The van der Waals surface area contributed by atoms with Gasteiger partial charge in [-0.1, -0.05) is 39.1 Å². The van der Waals surface area contributed by atoms with Crippen molar-refractivity contribution in [3.8, 4) is 0 Å². The molecule has 0 atom stereocenters. The molecule has 0 fully saturated rings. The van der Waals surface area contributed by atoms with Gasteiger partial charge < -0.3 is 0 Å². The minimum Gasteiger partial charge on any atom is -0.168 e. The van der Waals surface area contributed by atoms with Crippen LogP contribution in [0.25, 0.3) is 0 Å². The van der Waals surface area contributed by atoms with Crippen LogP contribution in [0.1, 0.15) is 6.42 Å². The molecule has 0 heterocycles. The zero-order valence-electron chi connectivity index (χ0n) is 4.68. The molecule has 0 N–H and O–H groups in total. The Labute approximate surface area is 74.8 Å². The van der Waals surface area contributed by atoms with E-state index in [2.05, 4.69) is 15.9 Å². The molecule has 0 aliphatic rings. The fraction of sp³-hybridized carbons (Fsp3) is 1.00. The lowest BCUT2D eigenvalue weighted by Gasteiger charge is -2.21. The molecule has 0 unspecified atom stereocenters. The minimum atomic E-state index is -4.55. The van der Waals surface area contributed by atoms with Gasteiger partial charge in [0.1, 0.15) is 0 Å². The maximum absolute atomic E-state index is 11.7. The molecule has 10 heavy (non-hydrogen) atoms. The summed E-state index contributed by atoms with van der Waals surface area (Å²) in [4.78, 5) is 0. The summed E-state index contributed by atoms with van der Waals surface area (Å²) in [5.74, 6) is 0. The van der Waals surface area contributed by atoms with E-state index in [0.717, 1.165) is 0 Å². The van der Waals surface area contributed by atoms with E-state index in [9.17, 15) is 13.2 Å². The van der Waals surface area contributed by atoms with Crippen LogP contribution in [0.15, 0.2) is 0 Å². The first-order chi connectivity index (χ1) is 4.31. The monoisotopic (exact) mass is 258 g/mol. The van der Waals surface area contributed by atoms with Gasteiger partial charge in [-0.3, -0.25) is 0 Å². The Bertz CT molecular complexity index is 112. The van der Waals surface area contributed by atoms with Crippen LogP contribution in [0.4, 0.5) is 13.2 Å². The maximum atomic E-state index is 11.7. The second kappa shape index (κ2) is 3.50. The van der Waals surface area contributed by atoms with E-state index in [0.29, 0.717) is 0 Å². The smallest absolute Gasteiger partial charge is 0.168 e. The van der Waals surface area contributed by atoms with Gasteiger partial charge in [-0.05, 0) is 6.42 Å². The van der Waals surface area contributed by atoms with Gasteiger partial charge in [-0.15, -0.1) is 0 Å². The minimum absolute atomic E-state index is 0.125. The average molecular weight is 260 g/mol. The standard InChI is InChI=1S/C4H4BrCl2F3/c5-2-1-3(6,7)4(8,9)10/h1-2H2. The highest BCUT2D eigenvalue weighted by atomic mass is 79.9. The zero-order valence-corrected chi connectivity index (χ0v) is 7.78. The highest BCUT2D eigenvalue weighted by Gasteiger charge is 2.51. The van der Waals surface area contributed by atoms with E-state index in [1.54, 1.807) is 0 Å². The Morgan fingerprint density at radius 1 is 1.20 bits per heavy atom. The number of hydrogen-bond acceptors (Lipinski definition) is 0. The molecular weight excluding hydrogens is 256 g/mol. The van der Waals surface area contributed by atoms with Crippen molar-refractivity contribution >= 4 is 39.1 Å². The van der Waals surface area contributed by atoms with Crippen LogP contribution in [0.2, 0.25) is 0 Å². The van der Waals surface area contributed by atoms with Crippen molar-refractivity contribution in [3.05, 3.63) is 0 Å². The molecule has 0 saturated carbocycles. The number of rotatable bonds is 2. The van der Waals surface area contributed by atoms with Gasteiger partial charge in [0.15, 0.2) is 0 Å². The fourth-order valence-corrected chi connectivity index (χ4v) is 1.50. The lowest BCUT2D eigenvalue weighted by Crippen LogP contribution is -2.34. The Hall–Kier alpha value is 0.850. The topological polar surface area (TPSA) is 0 Å². The van der Waals surface area contributed by atoms with Crippen molar-refractivity contribution in [1.82, 2.24) is 0 Å². The molecule has 6 heteroatoms. The van der Waals surface area contributed by atoms with E-state index in [4.69, 9.17) is 23.2 Å². The second-order valence-electron chi connectivity index (χ2n) is 1.64. The summed E-state index contributed by atoms with van der Waals surface area (Å²) in [5.41, 5.74) is 0. The third kappa shape index (κ3) is 2.84. The van der Waals surface area contributed by atoms with Crippen molar-refractivity contribution in [1.29, 1.82) is 0 Å². The van der Waals surface area contributed by atoms with Gasteiger partial charge >= 0.3 is 6.18 Å². The SMILES string of the molecule is FC(F)(F)C(Cl)(Cl)CCBr. The Kier molecular flexibility index (Phi) is 3.80. The Morgan fingerprint density at radius 3 is 1.70 bits per heavy atom. The molecular formula is C4H4BrCl2F3. The van der Waals surface area contributed by atoms with Gasteiger partial charge in [0.05, 0.1) is 0 Å². The van der Waals surface area contributed by atoms with E-state index in [1.165, 1.54) is 0 Å². The van der Waals surface area contributed by atoms with Gasteiger partial charge in [-0.25, -0.2) is 0 Å². The van der Waals surface area contributed by atoms with Gasteiger partial charge in [0, 0.05) is 5.33 Å². The zero-order chi connectivity index (χ0) is 8.41. The summed E-state index contributed by atoms with van der Waals surface area (Å²) in [5, 5.41) is 0.125. The molecule has 0 rings (SSSR count). The second-order valence-corrected chi connectivity index (χ2v) is 3.92. The van der Waals surface area contributed by atoms with Crippen LogP contribution in [0, 0.1) is 0 Å². The number of alkyl halides is 6. The number of halogens is 6. The predicted octanol–water partition coefficient (Wildman–Crippen LogP) is 3.51. The Morgan fingerprint density at radius 2 is 1.60 bits per heavy atom. The Balaban J connectivity index is 4.10. The van der Waals surface area contributed by atoms with Crippen molar-refractivity contribution in [3.63, 3.8) is 0 Å². The van der Waals surface area contributed by atoms with Crippen molar-refractivity contribution in [2.75, 3.05) is 5.33 Å². The number of hydrogen-bond donors (Lipinski definition) is 0. The molecule has 0 nitrogen and oxygen atoms in total. The molecule has 0 spiro atoms. The van der Waals surface area contributed by atoms with E-state index < -0.39 is 10.5 Å². The first-order valence-electron chi connectivity index (χ1n) is 2.32. The summed E-state index contributed by atoms with van der Waals surface area (Å²) < 4.78 is 32.6. The molecule has 0 aliphatic heterocycles. The molecule has 0 amide bonds. The van der Waals surface area contributed by atoms with Gasteiger partial charge in [-0.2, -0.15) is 13.2 Å². The van der Waals surface area contributed by atoms with Crippen LogP contribution >= 0.6 is 39.1 Å². The molecule has 0 aromatic carbocycles. The summed E-state index contributed by atoms with van der Waals surface area (Å²) in [6.45, 7) is 0. The van der Waals surface area contributed by atoms with Crippen LogP contribution in [0.5, 0.6) is 0 Å². The molecule has 0 aromatic rings. The first-order valence-corrected chi connectivity index (χ1v) is 4.19. The van der Waals surface area contributed by atoms with Gasteiger partial charge in [0.2, 0.25) is 4.33 Å². The van der Waals surface area contributed by atoms with Gasteiger partial charge in [0.25, 0.3) is 0 Å². The van der Waals surface area contributed by atoms with E-state index in [-0.39, 0.29) is 11.8 Å². The summed E-state index contributed by atoms with van der Waals surface area (Å²) in [6, 6.07) is 0. The van der Waals surface area contributed by atoms with Crippen LogP contribution < -0.4 is 0 Å². The molecule has 0 aromatic heterocycles. The highest BCUT2D eigenvalue weighted by molar-refractivity contribution is 9.09. The van der Waals surface area contributed by atoms with Crippen molar-refractivity contribution in [2.45, 2.75) is 16.9 Å². The third-order valence-corrected chi connectivity index (χ3v) is 2.03. The lowest BCUT2D eigenvalue weighted by molar-refractivity contribution is -0.141. The third-order valence-electron chi connectivity index (χ3n) is 0.823. The predicted molar refractivity (Wildman–Crippen MR) is 38.9 cm³/mol. The first kappa shape index (κ1) is 10.8. The van der Waals surface area contributed by atoms with Crippen LogP contribution in [0.3, 0.4) is 0 Å². The largest absolute Gasteiger partial charge is 0.421 e. The van der Waals surface area contributed by atoms with Crippen molar-refractivity contribution < 1.29 is 13.2 Å². The maximum Gasteiger partial charge on any atom is 0.421 e. The molecule has 0 bridgehead atoms. The molecule has 0 saturated heterocycles. The lowest BCUT2D eigenvalue weighted by atomic mass is 10.3. The van der Waals surface area contributed by atoms with Crippen molar-refractivity contribution in [2.24, 2.45) is 0 Å². The molecule has 0 radical (unpaired) electrons. The average Bonchev–Trinajstić information content (AvgIpc) is 1.61. The normalized spacial score (nSPS) is 13.8. The molecule has 0 aliphatic carbocycles.